The second kappa shape index (κ2) is 6.21. The first-order valence-corrected chi connectivity index (χ1v) is 9.66. The number of aromatic nitrogens is 2. The van der Waals surface area contributed by atoms with Gasteiger partial charge in [0.25, 0.3) is 0 Å². The maximum atomic E-state index is 12.4. The summed E-state index contributed by atoms with van der Waals surface area (Å²) in [5.41, 5.74) is 0. The lowest BCUT2D eigenvalue weighted by molar-refractivity contribution is -0.131. The highest BCUT2D eigenvalue weighted by atomic mass is 32.2. The van der Waals surface area contributed by atoms with Crippen molar-refractivity contribution in [3.8, 4) is 0 Å². The largest absolute Gasteiger partial charge is 0.340 e. The van der Waals surface area contributed by atoms with Crippen molar-refractivity contribution >= 4 is 27.1 Å². The third-order valence-corrected chi connectivity index (χ3v) is 7.05. The van der Waals surface area contributed by atoms with Crippen LogP contribution in [0.4, 0.5) is 0 Å². The lowest BCUT2D eigenvalue weighted by Crippen LogP contribution is -2.36. The van der Waals surface area contributed by atoms with Gasteiger partial charge in [0.15, 0.2) is 9.84 Å². The van der Waals surface area contributed by atoms with Gasteiger partial charge in [-0.25, -0.2) is 8.42 Å². The highest BCUT2D eigenvalue weighted by Gasteiger charge is 2.33. The molecule has 6 nitrogen and oxygen atoms in total. The Morgan fingerprint density at radius 1 is 1.36 bits per heavy atom. The van der Waals surface area contributed by atoms with Crippen molar-refractivity contribution in [1.82, 2.24) is 14.7 Å². The molecular weight excluding hydrogens is 322 g/mol. The Morgan fingerprint density at radius 2 is 2.23 bits per heavy atom. The Kier molecular flexibility index (Phi) is 4.30. The predicted molar refractivity (Wildman–Crippen MR) is 84.3 cm³/mol. The molecule has 1 fully saturated rings. The van der Waals surface area contributed by atoms with Crippen molar-refractivity contribution in [2.45, 2.75) is 18.2 Å². The molecule has 1 atom stereocenters. The summed E-state index contributed by atoms with van der Waals surface area (Å²) in [6.45, 7) is 0.864. The van der Waals surface area contributed by atoms with Gasteiger partial charge in [0.2, 0.25) is 5.91 Å². The summed E-state index contributed by atoms with van der Waals surface area (Å²) in [6, 6.07) is 5.47. The van der Waals surface area contributed by atoms with Crippen LogP contribution in [0.1, 0.15) is 16.5 Å². The van der Waals surface area contributed by atoms with Crippen molar-refractivity contribution in [1.29, 1.82) is 0 Å². The molecule has 1 aliphatic heterocycles. The highest BCUT2D eigenvalue weighted by Crippen LogP contribution is 2.32. The van der Waals surface area contributed by atoms with Crippen LogP contribution in [0, 0.1) is 0 Å². The number of hydrogen-bond donors (Lipinski definition) is 0. The smallest absolute Gasteiger partial charge is 0.244 e. The van der Waals surface area contributed by atoms with Crippen molar-refractivity contribution in [2.24, 2.45) is 0 Å². The van der Waals surface area contributed by atoms with Crippen LogP contribution in [0.5, 0.6) is 0 Å². The summed E-state index contributed by atoms with van der Waals surface area (Å²) in [4.78, 5) is 14.8. The molecule has 1 unspecified atom stereocenters. The highest BCUT2D eigenvalue weighted by molar-refractivity contribution is 7.91. The fraction of sp³-hybridized carbons (Fsp3) is 0.429. The Hall–Kier alpha value is -1.67. The van der Waals surface area contributed by atoms with Crippen LogP contribution in [-0.4, -0.2) is 47.8 Å². The summed E-state index contributed by atoms with van der Waals surface area (Å²) in [5.74, 6) is -0.0776. The van der Waals surface area contributed by atoms with Crippen LogP contribution in [0.2, 0.25) is 0 Å². The van der Waals surface area contributed by atoms with Crippen molar-refractivity contribution in [3.63, 3.8) is 0 Å². The number of thiophene rings is 1. The van der Waals surface area contributed by atoms with Gasteiger partial charge in [0, 0.05) is 30.4 Å². The molecule has 22 heavy (non-hydrogen) atoms. The van der Waals surface area contributed by atoms with Crippen LogP contribution in [-0.2, 0) is 21.2 Å². The molecule has 2 aromatic rings. The van der Waals surface area contributed by atoms with E-state index in [1.807, 2.05) is 17.5 Å². The van der Waals surface area contributed by atoms with E-state index in [9.17, 15) is 13.2 Å². The van der Waals surface area contributed by atoms with E-state index in [4.69, 9.17) is 0 Å². The molecule has 118 valence electrons. The summed E-state index contributed by atoms with van der Waals surface area (Å²) in [7, 11) is -3.22. The Labute approximate surface area is 133 Å². The average Bonchev–Trinajstić information content (AvgIpc) is 3.13. The number of carbonyl (C=O) groups excluding carboxylic acids is 1. The molecule has 0 aromatic carbocycles. The van der Waals surface area contributed by atoms with Crippen LogP contribution >= 0.6 is 11.3 Å². The van der Waals surface area contributed by atoms with Crippen LogP contribution in [0.3, 0.4) is 0 Å². The summed E-state index contributed by atoms with van der Waals surface area (Å²) >= 11 is 1.46. The van der Waals surface area contributed by atoms with Crippen molar-refractivity contribution in [2.75, 3.05) is 18.8 Å². The van der Waals surface area contributed by atoms with E-state index in [0.29, 0.717) is 13.0 Å². The molecule has 8 heteroatoms. The van der Waals surface area contributed by atoms with Gasteiger partial charge in [-0.1, -0.05) is 6.07 Å². The number of carbonyl (C=O) groups is 1. The minimum absolute atomic E-state index is 0.0143. The normalized spacial score (nSPS) is 21.5. The lowest BCUT2D eigenvalue weighted by atomic mass is 10.2. The topological polar surface area (TPSA) is 72.3 Å². The molecule has 3 heterocycles. The SMILES string of the molecule is O=C(Cn1cccn1)N1CCC(c2cccs2)S(=O)(=O)CC1. The molecule has 0 saturated carbocycles. The summed E-state index contributed by atoms with van der Waals surface area (Å²) < 4.78 is 26.4. The first-order chi connectivity index (χ1) is 10.6. The standard InChI is InChI=1S/C14H17N3O3S2/c18-14(11-17-6-2-5-15-17)16-7-4-13(12-3-1-9-21-12)22(19,20)10-8-16/h1-3,5-6,9,13H,4,7-8,10-11H2. The quantitative estimate of drug-likeness (QED) is 0.846. The Balaban J connectivity index is 1.72. The van der Waals surface area contributed by atoms with E-state index in [-0.39, 0.29) is 24.7 Å². The zero-order valence-corrected chi connectivity index (χ0v) is 13.6. The van der Waals surface area contributed by atoms with E-state index >= 15 is 0 Å². The average molecular weight is 339 g/mol. The third-order valence-electron chi connectivity index (χ3n) is 3.81. The van der Waals surface area contributed by atoms with Gasteiger partial charge >= 0.3 is 0 Å². The van der Waals surface area contributed by atoms with Gasteiger partial charge in [-0.2, -0.15) is 5.10 Å². The zero-order chi connectivity index (χ0) is 15.6. The second-order valence-corrected chi connectivity index (χ2v) is 8.53. The first-order valence-electron chi connectivity index (χ1n) is 7.06. The van der Waals surface area contributed by atoms with Gasteiger partial charge in [-0.3, -0.25) is 9.48 Å². The molecular formula is C14H17N3O3S2. The van der Waals surface area contributed by atoms with Crippen LogP contribution in [0.25, 0.3) is 0 Å². The summed E-state index contributed by atoms with van der Waals surface area (Å²) in [5, 5.41) is 5.41. The molecule has 3 rings (SSSR count). The van der Waals surface area contributed by atoms with E-state index < -0.39 is 15.1 Å². The number of amides is 1. The number of nitrogens with zero attached hydrogens (tertiary/aromatic N) is 3. The first kappa shape index (κ1) is 15.2. The fourth-order valence-electron chi connectivity index (χ4n) is 2.62. The van der Waals surface area contributed by atoms with E-state index in [0.717, 1.165) is 4.88 Å². The van der Waals surface area contributed by atoms with Crippen molar-refractivity contribution < 1.29 is 13.2 Å². The number of sulfone groups is 1. The van der Waals surface area contributed by atoms with Gasteiger partial charge in [-0.05, 0) is 23.9 Å². The van der Waals surface area contributed by atoms with Crippen molar-refractivity contribution in [3.05, 3.63) is 40.8 Å². The zero-order valence-electron chi connectivity index (χ0n) is 12.0. The van der Waals surface area contributed by atoms with Crippen LogP contribution < -0.4 is 0 Å². The third kappa shape index (κ3) is 3.22. The Bertz CT molecular complexity index is 723. The Morgan fingerprint density at radius 3 is 2.91 bits per heavy atom. The molecule has 0 N–H and O–H groups in total. The fourth-order valence-corrected chi connectivity index (χ4v) is 5.62. The molecule has 1 aliphatic rings. The lowest BCUT2D eigenvalue weighted by Gasteiger charge is -2.19. The summed E-state index contributed by atoms with van der Waals surface area (Å²) in [6.07, 6.45) is 3.79. The molecule has 0 radical (unpaired) electrons. The van der Waals surface area contributed by atoms with E-state index in [1.165, 1.54) is 11.3 Å². The van der Waals surface area contributed by atoms with Gasteiger partial charge in [0.1, 0.15) is 6.54 Å². The maximum absolute atomic E-state index is 12.4. The second-order valence-electron chi connectivity index (χ2n) is 5.24. The van der Waals surface area contributed by atoms with Crippen LogP contribution in [0.15, 0.2) is 36.0 Å². The van der Waals surface area contributed by atoms with E-state index in [2.05, 4.69) is 5.10 Å². The molecule has 1 saturated heterocycles. The predicted octanol–water partition coefficient (Wildman–Crippen LogP) is 1.33. The maximum Gasteiger partial charge on any atom is 0.244 e. The minimum atomic E-state index is -3.22. The van der Waals surface area contributed by atoms with Gasteiger partial charge < -0.3 is 4.90 Å². The molecule has 2 aromatic heterocycles. The van der Waals surface area contributed by atoms with Gasteiger partial charge in [0.05, 0.1) is 11.0 Å². The number of rotatable bonds is 3. The number of hydrogen-bond acceptors (Lipinski definition) is 5. The van der Waals surface area contributed by atoms with E-state index in [1.54, 1.807) is 28.0 Å². The molecule has 0 spiro atoms. The monoisotopic (exact) mass is 339 g/mol. The van der Waals surface area contributed by atoms with Gasteiger partial charge in [-0.15, -0.1) is 11.3 Å². The molecule has 1 amide bonds. The minimum Gasteiger partial charge on any atom is -0.340 e. The molecule has 0 bridgehead atoms. The molecule has 0 aliphatic carbocycles.